The fourth-order valence-corrected chi connectivity index (χ4v) is 0.812. The molecule has 0 bridgehead atoms. The highest BCUT2D eigenvalue weighted by Gasteiger charge is 2.20. The third kappa shape index (κ3) is 46.3. The van der Waals surface area contributed by atoms with Crippen LogP contribution in [0, 0.1) is 5.41 Å². The number of hydrogen-bond donors (Lipinski definition) is 4. The van der Waals surface area contributed by atoms with Gasteiger partial charge >= 0.3 is 0 Å². The van der Waals surface area contributed by atoms with Crippen LogP contribution in [0.3, 0.4) is 0 Å². The van der Waals surface area contributed by atoms with E-state index in [9.17, 15) is 16.8 Å². The van der Waals surface area contributed by atoms with E-state index in [0.717, 1.165) is 12.8 Å². The first-order valence-corrected chi connectivity index (χ1v) is 8.95. The molecule has 0 aliphatic rings. The third-order valence-corrected chi connectivity index (χ3v) is 1.62. The molecule has 0 aromatic rings. The van der Waals surface area contributed by atoms with Crippen LogP contribution in [-0.4, -0.2) is 61.9 Å². The summed E-state index contributed by atoms with van der Waals surface area (Å²) >= 11 is 0. The van der Waals surface area contributed by atoms with Gasteiger partial charge in [0, 0.05) is 5.41 Å². The summed E-state index contributed by atoms with van der Waals surface area (Å²) in [7, 11) is -7.33. The molecule has 0 heterocycles. The van der Waals surface area contributed by atoms with Crippen molar-refractivity contribution in [3.8, 4) is 0 Å². The topological polar surface area (TPSA) is 149 Å². The maximum Gasteiger partial charge on any atom is 0.261 e. The van der Waals surface area contributed by atoms with Crippen LogP contribution in [0.25, 0.3) is 0 Å². The predicted octanol–water partition coefficient (Wildman–Crippen LogP) is -0.215. The summed E-state index contributed by atoms with van der Waals surface area (Å²) in [6.07, 6.45) is 3.33. The smallest absolute Gasteiger partial charge is 0.261 e. The fourth-order valence-electron chi connectivity index (χ4n) is 0.812. The van der Waals surface area contributed by atoms with Gasteiger partial charge in [-0.1, -0.05) is 20.3 Å². The van der Waals surface area contributed by atoms with E-state index in [2.05, 4.69) is 0 Å². The molecule has 0 radical (unpaired) electrons. The Hall–Kier alpha value is -0.260. The molecular weight excluding hydrogens is 300 g/mol. The second-order valence-corrected chi connectivity index (χ2v) is 7.28. The van der Waals surface area contributed by atoms with Gasteiger partial charge in [-0.3, -0.25) is 9.11 Å². The molecule has 0 amide bonds. The molecule has 0 fully saturated rings. The summed E-state index contributed by atoms with van der Waals surface area (Å²) in [5.74, 6) is 0. The number of aliphatic hydroxyl groups excluding tert-OH is 2. The summed E-state index contributed by atoms with van der Waals surface area (Å²) in [4.78, 5) is 0. The van der Waals surface area contributed by atoms with Gasteiger partial charge in [0.15, 0.2) is 0 Å². The Balaban J connectivity index is -0.000000219. The highest BCUT2D eigenvalue weighted by Crippen LogP contribution is 2.20. The van der Waals surface area contributed by atoms with Crippen molar-refractivity contribution < 1.29 is 36.2 Å². The highest BCUT2D eigenvalue weighted by atomic mass is 32.2. The Bertz CT molecular complexity index is 348. The Morgan fingerprint density at radius 1 is 0.895 bits per heavy atom. The van der Waals surface area contributed by atoms with Crippen LogP contribution < -0.4 is 0 Å². The third-order valence-electron chi connectivity index (χ3n) is 1.62. The Morgan fingerprint density at radius 2 is 1.11 bits per heavy atom. The van der Waals surface area contributed by atoms with Crippen LogP contribution in [0.2, 0.25) is 0 Å². The second kappa shape index (κ2) is 10.5. The average molecular weight is 324 g/mol. The molecule has 0 atom stereocenters. The van der Waals surface area contributed by atoms with Crippen molar-refractivity contribution in [1.29, 1.82) is 0 Å². The molecule has 0 aromatic heterocycles. The highest BCUT2D eigenvalue weighted by molar-refractivity contribution is 7.85. The van der Waals surface area contributed by atoms with Crippen LogP contribution in [0.15, 0.2) is 0 Å². The van der Waals surface area contributed by atoms with E-state index in [1.54, 1.807) is 0 Å². The second-order valence-electron chi connectivity index (χ2n) is 4.34. The van der Waals surface area contributed by atoms with Gasteiger partial charge < -0.3 is 10.2 Å². The van der Waals surface area contributed by atoms with Gasteiger partial charge in [0.25, 0.3) is 20.2 Å². The Labute approximate surface area is 115 Å². The zero-order valence-corrected chi connectivity index (χ0v) is 13.2. The van der Waals surface area contributed by atoms with Crippen LogP contribution in [0.1, 0.15) is 26.7 Å². The summed E-state index contributed by atoms with van der Waals surface area (Å²) in [6, 6.07) is 0. The summed E-state index contributed by atoms with van der Waals surface area (Å²) in [5.41, 5.74) is -0.255. The molecule has 0 rings (SSSR count). The molecule has 0 aliphatic carbocycles. The average Bonchev–Trinajstić information content (AvgIpc) is 2.13. The normalized spacial score (nSPS) is 11.8. The molecule has 0 aromatic carbocycles. The molecule has 8 nitrogen and oxygen atoms in total. The molecule has 0 spiro atoms. The summed E-state index contributed by atoms with van der Waals surface area (Å²) in [6.45, 7) is 4.09. The lowest BCUT2D eigenvalue weighted by molar-refractivity contribution is 0.0622. The zero-order valence-electron chi connectivity index (χ0n) is 11.6. The van der Waals surface area contributed by atoms with E-state index in [0.29, 0.717) is 12.5 Å². The van der Waals surface area contributed by atoms with E-state index >= 15 is 0 Å². The van der Waals surface area contributed by atoms with Gasteiger partial charge in [-0.2, -0.15) is 16.8 Å². The molecule has 19 heavy (non-hydrogen) atoms. The SMILES string of the molecule is CCCC(C)(CO)CO.CS(=O)(=O)O.CS(=O)(=O)O. The minimum absolute atomic E-state index is 0.0807. The predicted molar refractivity (Wildman–Crippen MR) is 72.1 cm³/mol. The van der Waals surface area contributed by atoms with Crippen LogP contribution in [0.4, 0.5) is 0 Å². The van der Waals surface area contributed by atoms with E-state index in [-0.39, 0.29) is 18.6 Å². The molecule has 10 heteroatoms. The Morgan fingerprint density at radius 3 is 1.16 bits per heavy atom. The first kappa shape index (κ1) is 23.8. The Kier molecular flexibility index (Phi) is 13.2. The summed E-state index contributed by atoms with van der Waals surface area (Å²) in [5, 5.41) is 17.5. The molecule has 0 unspecified atom stereocenters. The maximum absolute atomic E-state index is 9.19. The quantitative estimate of drug-likeness (QED) is 0.519. The molecular formula is C9H24O8S2. The van der Waals surface area contributed by atoms with Gasteiger partial charge in [0.05, 0.1) is 25.7 Å². The first-order valence-electron chi connectivity index (χ1n) is 5.25. The van der Waals surface area contributed by atoms with E-state index in [1.807, 2.05) is 13.8 Å². The standard InChI is InChI=1S/C7H16O2.2CH4O3S/c1-3-4-7(2,5-8)6-9;2*1-5(2,3)4/h8-9H,3-6H2,1-2H3;2*1H3,(H,2,3,4). The fraction of sp³-hybridized carbons (Fsp3) is 1.00. The minimum atomic E-state index is -3.67. The lowest BCUT2D eigenvalue weighted by Gasteiger charge is -2.23. The number of hydrogen-bond acceptors (Lipinski definition) is 6. The largest absolute Gasteiger partial charge is 0.396 e. The van der Waals surface area contributed by atoms with Crippen LogP contribution in [0.5, 0.6) is 0 Å². The van der Waals surface area contributed by atoms with Crippen LogP contribution in [-0.2, 0) is 20.2 Å². The zero-order chi connectivity index (χ0) is 16.3. The number of aliphatic hydroxyl groups is 2. The molecule has 0 saturated carbocycles. The van der Waals surface area contributed by atoms with Crippen molar-refractivity contribution in [2.24, 2.45) is 5.41 Å². The summed E-state index contributed by atoms with van der Waals surface area (Å²) < 4.78 is 51.7. The van der Waals surface area contributed by atoms with Gasteiger partial charge in [-0.05, 0) is 6.42 Å². The molecule has 120 valence electrons. The van der Waals surface area contributed by atoms with Crippen LogP contribution >= 0.6 is 0 Å². The van der Waals surface area contributed by atoms with Gasteiger partial charge in [-0.15, -0.1) is 0 Å². The van der Waals surface area contributed by atoms with Crippen molar-refractivity contribution >= 4 is 20.2 Å². The van der Waals surface area contributed by atoms with Crippen molar-refractivity contribution in [3.05, 3.63) is 0 Å². The van der Waals surface area contributed by atoms with Gasteiger partial charge in [0.1, 0.15) is 0 Å². The molecule has 4 N–H and O–H groups in total. The monoisotopic (exact) mass is 324 g/mol. The molecule has 0 saturated heterocycles. The van der Waals surface area contributed by atoms with Gasteiger partial charge in [0.2, 0.25) is 0 Å². The lowest BCUT2D eigenvalue weighted by Crippen LogP contribution is -2.25. The first-order chi connectivity index (χ1) is 8.18. The van der Waals surface area contributed by atoms with Crippen molar-refractivity contribution in [2.45, 2.75) is 26.7 Å². The lowest BCUT2D eigenvalue weighted by atomic mass is 9.88. The number of rotatable bonds is 4. The van der Waals surface area contributed by atoms with E-state index < -0.39 is 20.2 Å². The van der Waals surface area contributed by atoms with Crippen molar-refractivity contribution in [3.63, 3.8) is 0 Å². The van der Waals surface area contributed by atoms with Crippen molar-refractivity contribution in [1.82, 2.24) is 0 Å². The van der Waals surface area contributed by atoms with E-state index in [4.69, 9.17) is 19.3 Å². The van der Waals surface area contributed by atoms with Gasteiger partial charge in [-0.25, -0.2) is 0 Å². The maximum atomic E-state index is 9.19. The van der Waals surface area contributed by atoms with Crippen molar-refractivity contribution in [2.75, 3.05) is 25.7 Å². The minimum Gasteiger partial charge on any atom is -0.396 e. The molecule has 0 aliphatic heterocycles. The van der Waals surface area contributed by atoms with E-state index in [1.165, 1.54) is 0 Å².